The highest BCUT2D eigenvalue weighted by molar-refractivity contribution is 6.09. The standard InChI is InChI=1S/C40H27N3O/c1-26-20-21-35-34-19-11-18-33(38(34)44-40(35)41-26)31-22-30(27-12-5-2-6-13-27)23-32(24-31)37-25-36(28-14-7-3-8-15-28)42-39(43-37)29-16-9-4-10-17-29/h2-25H,1H3. The topological polar surface area (TPSA) is 51.8 Å². The first-order valence-electron chi connectivity index (χ1n) is 14.7. The van der Waals surface area contributed by atoms with Crippen LogP contribution in [0.4, 0.5) is 0 Å². The molecule has 0 aliphatic carbocycles. The lowest BCUT2D eigenvalue weighted by molar-refractivity contribution is 0.653. The average molecular weight is 566 g/mol. The smallest absolute Gasteiger partial charge is 0.227 e. The number of rotatable bonds is 5. The monoisotopic (exact) mass is 565 g/mol. The summed E-state index contributed by atoms with van der Waals surface area (Å²) in [5.41, 5.74) is 11.4. The quantitative estimate of drug-likeness (QED) is 0.208. The van der Waals surface area contributed by atoms with Crippen LogP contribution in [-0.4, -0.2) is 15.0 Å². The minimum absolute atomic E-state index is 0.655. The molecule has 44 heavy (non-hydrogen) atoms. The van der Waals surface area contributed by atoms with Crippen LogP contribution in [0.2, 0.25) is 0 Å². The molecule has 0 aliphatic rings. The van der Waals surface area contributed by atoms with Crippen molar-refractivity contribution >= 4 is 22.1 Å². The van der Waals surface area contributed by atoms with Crippen LogP contribution in [0.3, 0.4) is 0 Å². The molecule has 0 fully saturated rings. The first-order valence-corrected chi connectivity index (χ1v) is 14.7. The van der Waals surface area contributed by atoms with Gasteiger partial charge in [0.15, 0.2) is 5.82 Å². The zero-order chi connectivity index (χ0) is 29.5. The molecule has 208 valence electrons. The summed E-state index contributed by atoms with van der Waals surface area (Å²) >= 11 is 0. The molecule has 0 spiro atoms. The van der Waals surface area contributed by atoms with Gasteiger partial charge in [0.2, 0.25) is 5.71 Å². The molecule has 5 aromatic carbocycles. The first-order chi connectivity index (χ1) is 21.7. The number of nitrogens with zero attached hydrogens (tertiary/aromatic N) is 3. The highest BCUT2D eigenvalue weighted by Gasteiger charge is 2.17. The third kappa shape index (κ3) is 4.73. The van der Waals surface area contributed by atoms with Gasteiger partial charge in [-0.05, 0) is 60.0 Å². The number of pyridine rings is 1. The van der Waals surface area contributed by atoms with Gasteiger partial charge in [-0.3, -0.25) is 0 Å². The molecule has 0 saturated carbocycles. The number of aromatic nitrogens is 3. The lowest BCUT2D eigenvalue weighted by atomic mass is 9.93. The van der Waals surface area contributed by atoms with Crippen LogP contribution in [0, 0.1) is 6.92 Å². The number of aryl methyl sites for hydroxylation is 1. The van der Waals surface area contributed by atoms with Crippen LogP contribution < -0.4 is 0 Å². The maximum absolute atomic E-state index is 6.43. The predicted octanol–water partition coefficient (Wildman–Crippen LogP) is 10.4. The molecule has 8 aromatic rings. The molecule has 3 heterocycles. The Balaban J connectivity index is 1.38. The summed E-state index contributed by atoms with van der Waals surface area (Å²) in [5.74, 6) is 0.689. The molecule has 3 aromatic heterocycles. The van der Waals surface area contributed by atoms with Crippen molar-refractivity contribution in [2.24, 2.45) is 0 Å². The number of hydrogen-bond acceptors (Lipinski definition) is 4. The fraction of sp³-hybridized carbons (Fsp3) is 0.0250. The third-order valence-corrected chi connectivity index (χ3v) is 7.98. The summed E-state index contributed by atoms with van der Waals surface area (Å²) < 4.78 is 6.43. The summed E-state index contributed by atoms with van der Waals surface area (Å²) in [5, 5.41) is 2.07. The van der Waals surface area contributed by atoms with Gasteiger partial charge in [0.05, 0.1) is 11.4 Å². The maximum Gasteiger partial charge on any atom is 0.227 e. The van der Waals surface area contributed by atoms with Crippen molar-refractivity contribution in [2.45, 2.75) is 6.92 Å². The van der Waals surface area contributed by atoms with Gasteiger partial charge in [-0.1, -0.05) is 109 Å². The van der Waals surface area contributed by atoms with Crippen molar-refractivity contribution in [1.29, 1.82) is 0 Å². The van der Waals surface area contributed by atoms with Gasteiger partial charge < -0.3 is 4.42 Å². The first kappa shape index (κ1) is 25.8. The third-order valence-electron chi connectivity index (χ3n) is 7.98. The Labute approximate surface area is 255 Å². The lowest BCUT2D eigenvalue weighted by Gasteiger charge is -2.13. The van der Waals surface area contributed by atoms with Crippen molar-refractivity contribution in [3.05, 3.63) is 151 Å². The van der Waals surface area contributed by atoms with E-state index in [4.69, 9.17) is 14.4 Å². The molecular weight excluding hydrogens is 538 g/mol. The van der Waals surface area contributed by atoms with Crippen molar-refractivity contribution in [3.63, 3.8) is 0 Å². The van der Waals surface area contributed by atoms with Crippen molar-refractivity contribution in [3.8, 4) is 56.2 Å². The van der Waals surface area contributed by atoms with E-state index in [2.05, 4.69) is 102 Å². The normalized spacial score (nSPS) is 11.3. The van der Waals surface area contributed by atoms with E-state index < -0.39 is 0 Å². The largest absolute Gasteiger partial charge is 0.437 e. The van der Waals surface area contributed by atoms with E-state index in [0.29, 0.717) is 11.5 Å². The van der Waals surface area contributed by atoms with Crippen molar-refractivity contribution < 1.29 is 4.42 Å². The van der Waals surface area contributed by atoms with E-state index in [-0.39, 0.29) is 0 Å². The molecule has 0 radical (unpaired) electrons. The van der Waals surface area contributed by atoms with Crippen LogP contribution in [-0.2, 0) is 0 Å². The van der Waals surface area contributed by atoms with Crippen LogP contribution in [0.5, 0.6) is 0 Å². The second kappa shape index (κ2) is 10.8. The zero-order valence-corrected chi connectivity index (χ0v) is 24.1. The zero-order valence-electron chi connectivity index (χ0n) is 24.1. The fourth-order valence-corrected chi connectivity index (χ4v) is 5.80. The molecule has 4 nitrogen and oxygen atoms in total. The van der Waals surface area contributed by atoms with E-state index in [1.54, 1.807) is 0 Å². The van der Waals surface area contributed by atoms with Crippen LogP contribution in [0.25, 0.3) is 78.2 Å². The molecule has 0 aliphatic heterocycles. The summed E-state index contributed by atoms with van der Waals surface area (Å²) in [6.07, 6.45) is 0. The molecule has 0 unspecified atom stereocenters. The summed E-state index contributed by atoms with van der Waals surface area (Å²) in [6.45, 7) is 1.98. The average Bonchev–Trinajstić information content (AvgIpc) is 3.47. The van der Waals surface area contributed by atoms with Gasteiger partial charge in [0, 0.05) is 38.7 Å². The summed E-state index contributed by atoms with van der Waals surface area (Å²) in [6, 6.07) is 50.1. The molecule has 0 atom stereocenters. The molecular formula is C40H27N3O. The van der Waals surface area contributed by atoms with Crippen LogP contribution >= 0.6 is 0 Å². The summed E-state index contributed by atoms with van der Waals surface area (Å²) in [7, 11) is 0. The van der Waals surface area contributed by atoms with Gasteiger partial charge in [-0.25, -0.2) is 15.0 Å². The van der Waals surface area contributed by atoms with E-state index in [0.717, 1.165) is 72.4 Å². The SMILES string of the molecule is Cc1ccc2c(n1)oc1c(-c3cc(-c4ccccc4)cc(-c4cc(-c5ccccc5)nc(-c5ccccc5)n4)c3)cccc12. The Kier molecular flexibility index (Phi) is 6.31. The molecule has 0 bridgehead atoms. The maximum atomic E-state index is 6.43. The van der Waals surface area contributed by atoms with Gasteiger partial charge in [0.1, 0.15) is 5.58 Å². The van der Waals surface area contributed by atoms with Crippen molar-refractivity contribution in [1.82, 2.24) is 15.0 Å². The fourth-order valence-electron chi connectivity index (χ4n) is 5.80. The number of hydrogen-bond donors (Lipinski definition) is 0. The van der Waals surface area contributed by atoms with Gasteiger partial charge in [0.25, 0.3) is 0 Å². The second-order valence-corrected chi connectivity index (χ2v) is 10.9. The van der Waals surface area contributed by atoms with Crippen LogP contribution in [0.15, 0.2) is 150 Å². The number of para-hydroxylation sites is 1. The minimum atomic E-state index is 0.655. The van der Waals surface area contributed by atoms with E-state index in [9.17, 15) is 0 Å². The van der Waals surface area contributed by atoms with Gasteiger partial charge in [-0.15, -0.1) is 0 Å². The number of furan rings is 1. The minimum Gasteiger partial charge on any atom is -0.437 e. The number of fused-ring (bicyclic) bond motifs is 3. The van der Waals surface area contributed by atoms with Crippen molar-refractivity contribution in [2.75, 3.05) is 0 Å². The van der Waals surface area contributed by atoms with E-state index in [1.165, 1.54) is 0 Å². The molecule has 0 N–H and O–H groups in total. The highest BCUT2D eigenvalue weighted by atomic mass is 16.3. The van der Waals surface area contributed by atoms with E-state index >= 15 is 0 Å². The van der Waals surface area contributed by atoms with Gasteiger partial charge in [-0.2, -0.15) is 0 Å². The Bertz CT molecular complexity index is 2220. The Morgan fingerprint density at radius 3 is 1.77 bits per heavy atom. The highest BCUT2D eigenvalue weighted by Crippen LogP contribution is 2.39. The Morgan fingerprint density at radius 1 is 0.432 bits per heavy atom. The Morgan fingerprint density at radius 2 is 1.05 bits per heavy atom. The number of benzene rings is 5. The molecule has 8 rings (SSSR count). The van der Waals surface area contributed by atoms with Crippen LogP contribution in [0.1, 0.15) is 5.69 Å². The Hall–Kier alpha value is -5.87. The molecule has 0 saturated heterocycles. The van der Waals surface area contributed by atoms with E-state index in [1.807, 2.05) is 55.5 Å². The second-order valence-electron chi connectivity index (χ2n) is 10.9. The van der Waals surface area contributed by atoms with Gasteiger partial charge >= 0.3 is 0 Å². The summed E-state index contributed by atoms with van der Waals surface area (Å²) in [4.78, 5) is 14.8. The predicted molar refractivity (Wildman–Crippen MR) is 179 cm³/mol. The molecule has 0 amide bonds. The lowest BCUT2D eigenvalue weighted by Crippen LogP contribution is -1.96. The molecule has 4 heteroatoms.